The number of carboxylic acid groups (broad SMARTS) is 1. The minimum absolute atomic E-state index is 0.0453. The van der Waals surface area contributed by atoms with Crippen LogP contribution in [0.2, 0.25) is 0 Å². The monoisotopic (exact) mass is 570 g/mol. The first-order valence-corrected chi connectivity index (χ1v) is 13.9. The molecule has 1 aliphatic carbocycles. The number of alkyl carbamates (subject to hydrolysis) is 1. The van der Waals surface area contributed by atoms with Crippen LogP contribution in [0.5, 0.6) is 0 Å². The average Bonchev–Trinajstić information content (AvgIpc) is 2.82. The number of nitrogens with two attached hydrogens (primary N) is 1. The largest absolute Gasteiger partial charge is 0.480 e. The van der Waals surface area contributed by atoms with Gasteiger partial charge in [0.25, 0.3) is 0 Å². The second-order valence-corrected chi connectivity index (χ2v) is 11.6. The van der Waals surface area contributed by atoms with E-state index in [1.54, 1.807) is 34.6 Å². The number of hydrogen-bond acceptors (Lipinski definition) is 8. The zero-order chi connectivity index (χ0) is 30.5. The molecule has 40 heavy (non-hydrogen) atoms. The van der Waals surface area contributed by atoms with E-state index in [4.69, 9.17) is 15.2 Å². The summed E-state index contributed by atoms with van der Waals surface area (Å²) in [6.45, 7) is 8.50. The Bertz CT molecular complexity index is 895. The van der Waals surface area contributed by atoms with Gasteiger partial charge in [0, 0.05) is 12.8 Å². The van der Waals surface area contributed by atoms with Gasteiger partial charge in [0.1, 0.15) is 29.8 Å². The van der Waals surface area contributed by atoms with E-state index in [9.17, 15) is 33.9 Å². The normalized spacial score (nSPS) is 16.2. The third kappa shape index (κ3) is 14.7. The van der Waals surface area contributed by atoms with Gasteiger partial charge >= 0.3 is 18.0 Å². The third-order valence-corrected chi connectivity index (χ3v) is 6.13. The highest BCUT2D eigenvalue weighted by atomic mass is 16.6. The summed E-state index contributed by atoms with van der Waals surface area (Å²) in [5.41, 5.74) is 4.35. The fraction of sp³-hybridized carbons (Fsp3) is 0.778. The van der Waals surface area contributed by atoms with Gasteiger partial charge in [-0.3, -0.25) is 19.2 Å². The Hall–Kier alpha value is -3.38. The Morgan fingerprint density at radius 3 is 1.88 bits per heavy atom. The highest BCUT2D eigenvalue weighted by Gasteiger charge is 2.31. The highest BCUT2D eigenvalue weighted by Crippen LogP contribution is 2.21. The number of rotatable bonds is 15. The van der Waals surface area contributed by atoms with E-state index in [0.29, 0.717) is 0 Å². The number of hydrogen-bond donors (Lipinski definition) is 5. The summed E-state index contributed by atoms with van der Waals surface area (Å²) in [4.78, 5) is 74.2. The first-order chi connectivity index (χ1) is 18.6. The summed E-state index contributed by atoms with van der Waals surface area (Å²) in [5, 5.41) is 16.9. The van der Waals surface area contributed by atoms with Crippen molar-refractivity contribution < 1.29 is 43.3 Å². The van der Waals surface area contributed by atoms with E-state index >= 15 is 0 Å². The number of nitrogens with one attached hydrogen (secondary N) is 3. The van der Waals surface area contributed by atoms with Gasteiger partial charge in [-0.1, -0.05) is 20.3 Å². The lowest BCUT2D eigenvalue weighted by molar-refractivity contribution is -0.151. The Kier molecular flexibility index (Phi) is 14.4. The minimum Gasteiger partial charge on any atom is -0.480 e. The maximum atomic E-state index is 13.2. The summed E-state index contributed by atoms with van der Waals surface area (Å²) >= 11 is 0. The van der Waals surface area contributed by atoms with Crippen molar-refractivity contribution in [3.63, 3.8) is 0 Å². The molecule has 0 heterocycles. The number of carboxylic acids is 1. The molecule has 0 aromatic rings. The maximum absolute atomic E-state index is 13.2. The quantitative estimate of drug-likeness (QED) is 0.182. The van der Waals surface area contributed by atoms with Crippen molar-refractivity contribution in [1.29, 1.82) is 0 Å². The Morgan fingerprint density at radius 2 is 1.38 bits per heavy atom. The molecular weight excluding hydrogens is 524 g/mol. The standard InChI is InChI=1S/C27H46N4O9/c1-16(2)15-20(25(36)37)30-23(34)18(12-14-22(33)39-17-9-7-6-8-10-17)29-24(35)19(11-13-21(28)32)31-26(38)40-27(3,4)5/h16-20H,6-15H2,1-5H3,(H2,28,32)(H,29,35)(H,30,34)(H,31,38)(H,36,37)/t18-,19-,20-/m0/s1. The number of ether oxygens (including phenoxy) is 2. The van der Waals surface area contributed by atoms with E-state index in [0.717, 1.165) is 32.1 Å². The van der Waals surface area contributed by atoms with Gasteiger partial charge in [0.05, 0.1) is 0 Å². The van der Waals surface area contributed by atoms with E-state index < -0.39 is 59.5 Å². The molecule has 1 saturated carbocycles. The van der Waals surface area contributed by atoms with Crippen LogP contribution in [-0.4, -0.2) is 70.7 Å². The molecule has 1 fully saturated rings. The van der Waals surface area contributed by atoms with E-state index in [1.165, 1.54) is 0 Å². The van der Waals surface area contributed by atoms with Crippen LogP contribution >= 0.6 is 0 Å². The van der Waals surface area contributed by atoms with Crippen LogP contribution < -0.4 is 21.7 Å². The lowest BCUT2D eigenvalue weighted by atomic mass is 9.98. The third-order valence-electron chi connectivity index (χ3n) is 6.13. The number of aliphatic carboxylic acids is 1. The van der Waals surface area contributed by atoms with Crippen LogP contribution in [0, 0.1) is 5.92 Å². The van der Waals surface area contributed by atoms with Gasteiger partial charge in [0.2, 0.25) is 17.7 Å². The molecule has 13 heteroatoms. The summed E-state index contributed by atoms with van der Waals surface area (Å²) in [7, 11) is 0. The van der Waals surface area contributed by atoms with Gasteiger partial charge in [-0.25, -0.2) is 9.59 Å². The molecule has 13 nitrogen and oxygen atoms in total. The number of carbonyl (C=O) groups is 6. The van der Waals surface area contributed by atoms with Crippen molar-refractivity contribution in [1.82, 2.24) is 16.0 Å². The van der Waals surface area contributed by atoms with Gasteiger partial charge in [-0.2, -0.15) is 0 Å². The second kappa shape index (κ2) is 16.7. The fourth-order valence-electron chi connectivity index (χ4n) is 4.20. The van der Waals surface area contributed by atoms with Gasteiger partial charge in [-0.05, 0) is 71.6 Å². The average molecular weight is 571 g/mol. The van der Waals surface area contributed by atoms with Gasteiger partial charge in [-0.15, -0.1) is 0 Å². The van der Waals surface area contributed by atoms with Crippen molar-refractivity contribution >= 4 is 35.8 Å². The predicted molar refractivity (Wildman–Crippen MR) is 145 cm³/mol. The summed E-state index contributed by atoms with van der Waals surface area (Å²) in [6.07, 6.45) is 2.76. The molecule has 0 unspecified atom stereocenters. The number of amides is 4. The molecule has 1 rings (SSSR count). The molecule has 0 bridgehead atoms. The molecule has 0 radical (unpaired) electrons. The summed E-state index contributed by atoms with van der Waals surface area (Å²) < 4.78 is 10.7. The molecule has 0 spiro atoms. The topological polar surface area (TPSA) is 203 Å². The molecule has 0 aromatic carbocycles. The molecular formula is C27H46N4O9. The van der Waals surface area contributed by atoms with Gasteiger partial charge < -0.3 is 36.3 Å². The van der Waals surface area contributed by atoms with Crippen molar-refractivity contribution in [2.45, 2.75) is 129 Å². The van der Waals surface area contributed by atoms with E-state index in [-0.39, 0.29) is 44.1 Å². The van der Waals surface area contributed by atoms with Gasteiger partial charge in [0.15, 0.2) is 0 Å². The van der Waals surface area contributed by atoms with Crippen LogP contribution in [0.4, 0.5) is 4.79 Å². The van der Waals surface area contributed by atoms with Crippen LogP contribution in [-0.2, 0) is 33.4 Å². The summed E-state index contributed by atoms with van der Waals surface area (Å²) in [6, 6.07) is -3.83. The Balaban J connectivity index is 3.05. The van der Waals surface area contributed by atoms with Crippen molar-refractivity contribution in [3.05, 3.63) is 0 Å². The molecule has 0 aliphatic heterocycles. The lowest BCUT2D eigenvalue weighted by Crippen LogP contribution is -2.56. The van der Waals surface area contributed by atoms with Crippen molar-refractivity contribution in [2.75, 3.05) is 0 Å². The zero-order valence-corrected chi connectivity index (χ0v) is 24.2. The summed E-state index contributed by atoms with van der Waals surface area (Å²) in [5.74, 6) is -4.16. The number of primary amides is 1. The van der Waals surface area contributed by atoms with Crippen LogP contribution in [0.15, 0.2) is 0 Å². The lowest BCUT2D eigenvalue weighted by Gasteiger charge is -2.26. The number of carbonyl (C=O) groups excluding carboxylic acids is 5. The Labute approximate surface area is 235 Å². The first kappa shape index (κ1) is 34.6. The molecule has 1 aliphatic rings. The molecule has 3 atom stereocenters. The molecule has 0 saturated heterocycles. The molecule has 4 amide bonds. The molecule has 228 valence electrons. The van der Waals surface area contributed by atoms with Crippen molar-refractivity contribution in [3.8, 4) is 0 Å². The SMILES string of the molecule is CC(C)C[C@H](NC(=O)[C@H](CCC(=O)OC1CCCCC1)NC(=O)[C@H](CCC(N)=O)NC(=O)OC(C)(C)C)C(=O)O. The van der Waals surface area contributed by atoms with Crippen molar-refractivity contribution in [2.24, 2.45) is 11.7 Å². The predicted octanol–water partition coefficient (Wildman–Crippen LogP) is 1.90. The maximum Gasteiger partial charge on any atom is 0.408 e. The van der Waals surface area contributed by atoms with E-state index in [2.05, 4.69) is 16.0 Å². The van der Waals surface area contributed by atoms with Crippen LogP contribution in [0.25, 0.3) is 0 Å². The molecule has 6 N–H and O–H groups in total. The number of esters is 1. The zero-order valence-electron chi connectivity index (χ0n) is 24.2. The fourth-order valence-corrected chi connectivity index (χ4v) is 4.20. The highest BCUT2D eigenvalue weighted by molar-refractivity contribution is 5.93. The smallest absolute Gasteiger partial charge is 0.408 e. The second-order valence-electron chi connectivity index (χ2n) is 11.6. The first-order valence-electron chi connectivity index (χ1n) is 13.9. The van der Waals surface area contributed by atoms with Crippen LogP contribution in [0.1, 0.15) is 98.8 Å². The molecule has 0 aromatic heterocycles. The minimum atomic E-state index is -1.32. The van der Waals surface area contributed by atoms with Crippen LogP contribution in [0.3, 0.4) is 0 Å². The van der Waals surface area contributed by atoms with E-state index in [1.807, 2.05) is 0 Å². The Morgan fingerprint density at radius 1 is 0.850 bits per heavy atom.